The van der Waals surface area contributed by atoms with Crippen molar-refractivity contribution in [2.45, 2.75) is 44.8 Å². The molecule has 1 fully saturated rings. The quantitative estimate of drug-likeness (QED) is 0.743. The van der Waals surface area contributed by atoms with Crippen LogP contribution in [0.15, 0.2) is 16.6 Å². The van der Waals surface area contributed by atoms with E-state index in [4.69, 9.17) is 9.47 Å². The molecule has 1 aromatic carbocycles. The van der Waals surface area contributed by atoms with Gasteiger partial charge in [-0.05, 0) is 43.9 Å². The Balaban J connectivity index is 1.68. The number of fused-ring (bicyclic) bond motifs is 1. The lowest BCUT2D eigenvalue weighted by Gasteiger charge is -2.30. The third-order valence-electron chi connectivity index (χ3n) is 4.99. The SMILES string of the molecule is CC(NC(=O)C1CCCC(C(F)(F)F)C1)c1cc2c(cc1Br)OCCO2. The number of hydrogen-bond donors (Lipinski definition) is 1. The van der Waals surface area contributed by atoms with E-state index in [9.17, 15) is 18.0 Å². The molecule has 4 nitrogen and oxygen atoms in total. The zero-order valence-corrected chi connectivity index (χ0v) is 16.0. The van der Waals surface area contributed by atoms with Crippen molar-refractivity contribution in [3.63, 3.8) is 0 Å². The fraction of sp³-hybridized carbons (Fsp3) is 0.611. The van der Waals surface area contributed by atoms with Crippen LogP contribution in [-0.2, 0) is 4.79 Å². The Labute approximate surface area is 158 Å². The van der Waals surface area contributed by atoms with Gasteiger partial charge in [-0.15, -0.1) is 0 Å². The molecule has 3 rings (SSSR count). The number of benzene rings is 1. The van der Waals surface area contributed by atoms with Crippen molar-refractivity contribution in [3.8, 4) is 11.5 Å². The predicted molar refractivity (Wildman–Crippen MR) is 93.2 cm³/mol. The molecule has 1 heterocycles. The summed E-state index contributed by atoms with van der Waals surface area (Å²) in [5.74, 6) is -1.08. The van der Waals surface area contributed by atoms with Crippen LogP contribution in [-0.4, -0.2) is 25.3 Å². The maximum Gasteiger partial charge on any atom is 0.391 e. The molecule has 26 heavy (non-hydrogen) atoms. The smallest absolute Gasteiger partial charge is 0.391 e. The zero-order valence-electron chi connectivity index (χ0n) is 14.4. The average Bonchev–Trinajstić information content (AvgIpc) is 2.60. The van der Waals surface area contributed by atoms with E-state index in [-0.39, 0.29) is 24.8 Å². The van der Waals surface area contributed by atoms with E-state index in [2.05, 4.69) is 21.2 Å². The molecule has 0 spiro atoms. The molecule has 0 saturated heterocycles. The third-order valence-corrected chi connectivity index (χ3v) is 5.68. The van der Waals surface area contributed by atoms with Gasteiger partial charge >= 0.3 is 6.18 Å². The summed E-state index contributed by atoms with van der Waals surface area (Å²) in [6, 6.07) is 3.22. The van der Waals surface area contributed by atoms with Gasteiger partial charge in [-0.3, -0.25) is 4.79 Å². The van der Waals surface area contributed by atoms with Crippen molar-refractivity contribution < 1.29 is 27.4 Å². The van der Waals surface area contributed by atoms with Crippen LogP contribution in [0, 0.1) is 11.8 Å². The zero-order chi connectivity index (χ0) is 18.9. The van der Waals surface area contributed by atoms with Crippen LogP contribution in [0.25, 0.3) is 0 Å². The summed E-state index contributed by atoms with van der Waals surface area (Å²) in [5, 5.41) is 2.85. The number of carbonyl (C=O) groups is 1. The molecule has 0 bridgehead atoms. The predicted octanol–water partition coefficient (Wildman–Crippen LogP) is 4.77. The van der Waals surface area contributed by atoms with Crippen LogP contribution < -0.4 is 14.8 Å². The van der Waals surface area contributed by atoms with Gasteiger partial charge in [0.05, 0.1) is 12.0 Å². The highest BCUT2D eigenvalue weighted by Gasteiger charge is 2.43. The van der Waals surface area contributed by atoms with Gasteiger partial charge in [0, 0.05) is 10.4 Å². The van der Waals surface area contributed by atoms with Gasteiger partial charge in [-0.2, -0.15) is 13.2 Å². The van der Waals surface area contributed by atoms with E-state index in [1.165, 1.54) is 0 Å². The Morgan fingerprint density at radius 1 is 1.23 bits per heavy atom. The molecule has 1 saturated carbocycles. The summed E-state index contributed by atoms with van der Waals surface area (Å²) < 4.78 is 50.7. The van der Waals surface area contributed by atoms with Crippen molar-refractivity contribution >= 4 is 21.8 Å². The number of amides is 1. The Morgan fingerprint density at radius 2 is 1.88 bits per heavy atom. The second-order valence-corrected chi connectivity index (χ2v) is 7.70. The Bertz CT molecular complexity index is 680. The number of nitrogens with one attached hydrogen (secondary N) is 1. The molecule has 1 aliphatic heterocycles. The number of carbonyl (C=O) groups excluding carboxylic acids is 1. The highest BCUT2D eigenvalue weighted by molar-refractivity contribution is 9.10. The van der Waals surface area contributed by atoms with E-state index in [1.54, 1.807) is 19.1 Å². The molecule has 3 atom stereocenters. The Morgan fingerprint density at radius 3 is 2.54 bits per heavy atom. The third kappa shape index (κ3) is 4.27. The van der Waals surface area contributed by atoms with E-state index < -0.39 is 18.0 Å². The van der Waals surface area contributed by atoms with Crippen LogP contribution in [0.5, 0.6) is 11.5 Å². The molecule has 144 valence electrons. The fourth-order valence-electron chi connectivity index (χ4n) is 3.55. The van der Waals surface area contributed by atoms with Crippen LogP contribution in [0.4, 0.5) is 13.2 Å². The number of hydrogen-bond acceptors (Lipinski definition) is 3. The summed E-state index contributed by atoms with van der Waals surface area (Å²) >= 11 is 3.46. The van der Waals surface area contributed by atoms with E-state index in [0.29, 0.717) is 37.6 Å². The van der Waals surface area contributed by atoms with Crippen LogP contribution >= 0.6 is 15.9 Å². The van der Waals surface area contributed by atoms with E-state index in [1.807, 2.05) is 0 Å². The second-order valence-electron chi connectivity index (χ2n) is 6.85. The largest absolute Gasteiger partial charge is 0.486 e. The highest BCUT2D eigenvalue weighted by Crippen LogP contribution is 2.41. The summed E-state index contributed by atoms with van der Waals surface area (Å²) in [6.07, 6.45) is -3.35. The molecular formula is C18H21BrF3NO3. The molecular weight excluding hydrogens is 415 g/mol. The molecule has 1 N–H and O–H groups in total. The first-order valence-corrected chi connectivity index (χ1v) is 9.51. The summed E-state index contributed by atoms with van der Waals surface area (Å²) in [7, 11) is 0. The maximum absolute atomic E-state index is 13.0. The van der Waals surface area contributed by atoms with Gasteiger partial charge in [0.15, 0.2) is 11.5 Å². The van der Waals surface area contributed by atoms with Crippen LogP contribution in [0.3, 0.4) is 0 Å². The van der Waals surface area contributed by atoms with E-state index in [0.717, 1.165) is 10.0 Å². The second kappa shape index (κ2) is 7.66. The molecule has 3 unspecified atom stereocenters. The van der Waals surface area contributed by atoms with Crippen molar-refractivity contribution in [1.29, 1.82) is 0 Å². The maximum atomic E-state index is 13.0. The topological polar surface area (TPSA) is 47.6 Å². The standard InChI is InChI=1S/C18H21BrF3NO3/c1-10(13-8-15-16(9-14(13)19)26-6-5-25-15)23-17(24)11-3-2-4-12(7-11)18(20,21)22/h8-12H,2-7H2,1H3,(H,23,24). The van der Waals surface area contributed by atoms with Crippen molar-refractivity contribution in [1.82, 2.24) is 5.32 Å². The monoisotopic (exact) mass is 435 g/mol. The first-order valence-electron chi connectivity index (χ1n) is 8.72. The van der Waals surface area contributed by atoms with Crippen LogP contribution in [0.2, 0.25) is 0 Å². The molecule has 2 aliphatic rings. The lowest BCUT2D eigenvalue weighted by Crippen LogP contribution is -2.38. The molecule has 1 amide bonds. The number of halogens is 4. The van der Waals surface area contributed by atoms with Crippen molar-refractivity contribution in [2.75, 3.05) is 13.2 Å². The first-order chi connectivity index (χ1) is 12.3. The number of rotatable bonds is 3. The minimum absolute atomic E-state index is 0.108. The van der Waals surface area contributed by atoms with Gasteiger partial charge in [0.1, 0.15) is 13.2 Å². The Kier molecular flexibility index (Phi) is 5.69. The van der Waals surface area contributed by atoms with Gasteiger partial charge in [-0.1, -0.05) is 22.4 Å². The fourth-order valence-corrected chi connectivity index (χ4v) is 4.21. The number of alkyl halides is 3. The minimum Gasteiger partial charge on any atom is -0.486 e. The van der Waals surface area contributed by atoms with Gasteiger partial charge in [0.25, 0.3) is 0 Å². The molecule has 1 aromatic rings. The molecule has 0 radical (unpaired) electrons. The molecule has 1 aliphatic carbocycles. The first kappa shape index (κ1) is 19.3. The Hall–Kier alpha value is -1.44. The summed E-state index contributed by atoms with van der Waals surface area (Å²) in [4.78, 5) is 12.5. The molecule has 0 aromatic heterocycles. The van der Waals surface area contributed by atoms with Gasteiger partial charge < -0.3 is 14.8 Å². The van der Waals surface area contributed by atoms with Crippen molar-refractivity contribution in [3.05, 3.63) is 22.2 Å². The average molecular weight is 436 g/mol. The van der Waals surface area contributed by atoms with Crippen molar-refractivity contribution in [2.24, 2.45) is 11.8 Å². The molecule has 8 heteroatoms. The van der Waals surface area contributed by atoms with Gasteiger partial charge in [-0.25, -0.2) is 0 Å². The van der Waals surface area contributed by atoms with E-state index >= 15 is 0 Å². The number of ether oxygens (including phenoxy) is 2. The summed E-state index contributed by atoms with van der Waals surface area (Å²) in [6.45, 7) is 2.74. The van der Waals surface area contributed by atoms with Crippen LogP contribution in [0.1, 0.15) is 44.2 Å². The lowest BCUT2D eigenvalue weighted by molar-refractivity contribution is -0.186. The lowest BCUT2D eigenvalue weighted by atomic mass is 9.80. The minimum atomic E-state index is -4.23. The highest BCUT2D eigenvalue weighted by atomic mass is 79.9. The van der Waals surface area contributed by atoms with Gasteiger partial charge in [0.2, 0.25) is 5.91 Å². The normalized spacial score (nSPS) is 24.0. The summed E-state index contributed by atoms with van der Waals surface area (Å²) in [5.41, 5.74) is 0.797.